The first-order chi connectivity index (χ1) is 17.6. The summed E-state index contributed by atoms with van der Waals surface area (Å²) in [6.45, 7) is 0.563. The molecule has 1 amide bonds. The van der Waals surface area contributed by atoms with Gasteiger partial charge >= 0.3 is 6.18 Å². The van der Waals surface area contributed by atoms with Crippen molar-refractivity contribution in [2.45, 2.75) is 36.7 Å². The standard InChI is InChI=1S/C25H21F3N4O3S2/c26-25(27,28)22-15-29-19(14-30-22)17-7-3-5-16(11-17)13-31-24(33)20-8-4-10-32(20)37(34,36)23-12-18-6-1-2-9-21(18)35-23/h1-3,5-7,9,11-12,14-15,20H,4,8,10,13H2,(H,31,33)/t20-,37?/m0/s1. The maximum atomic E-state index is 13.6. The Morgan fingerprint density at radius 3 is 2.68 bits per heavy atom. The minimum absolute atomic E-state index is 0.161. The lowest BCUT2D eigenvalue weighted by atomic mass is 10.1. The number of carbonyl (C=O) groups is 1. The second-order valence-corrected chi connectivity index (χ2v) is 11.8. The third kappa shape index (κ3) is 5.22. The van der Waals surface area contributed by atoms with Crippen molar-refractivity contribution in [1.29, 1.82) is 0 Å². The summed E-state index contributed by atoms with van der Waals surface area (Å²) in [4.78, 5) is 20.4. The van der Waals surface area contributed by atoms with Crippen LogP contribution in [0.1, 0.15) is 24.1 Å². The predicted octanol–water partition coefficient (Wildman–Crippen LogP) is 4.71. The van der Waals surface area contributed by atoms with E-state index in [2.05, 4.69) is 15.3 Å². The number of alkyl halides is 3. The van der Waals surface area contributed by atoms with Gasteiger partial charge in [-0.25, -0.2) is 13.5 Å². The number of hydrogen-bond acceptors (Lipinski definition) is 6. The van der Waals surface area contributed by atoms with Gasteiger partial charge in [0.15, 0.2) is 14.4 Å². The van der Waals surface area contributed by atoms with Crippen LogP contribution in [0, 0.1) is 0 Å². The Morgan fingerprint density at radius 2 is 1.95 bits per heavy atom. The Hall–Kier alpha value is -3.35. The fraction of sp³-hybridized carbons (Fsp3) is 0.240. The van der Waals surface area contributed by atoms with Crippen LogP contribution in [0.3, 0.4) is 0 Å². The zero-order valence-electron chi connectivity index (χ0n) is 19.3. The summed E-state index contributed by atoms with van der Waals surface area (Å²) in [6, 6.07) is 15.2. The SMILES string of the molecule is O=C(NCc1cccc(-c2cnc(C(F)(F)F)cn2)c1)[C@@H]1CCCN1S(=O)(=S)c1cc2ccccc2o1. The summed E-state index contributed by atoms with van der Waals surface area (Å²) in [7, 11) is -3.19. The molecule has 7 nitrogen and oxygen atoms in total. The highest BCUT2D eigenvalue weighted by Crippen LogP contribution is 2.31. The molecule has 3 heterocycles. The lowest BCUT2D eigenvalue weighted by Crippen LogP contribution is -2.45. The van der Waals surface area contributed by atoms with Crippen molar-refractivity contribution in [2.24, 2.45) is 0 Å². The van der Waals surface area contributed by atoms with Crippen molar-refractivity contribution in [2.75, 3.05) is 6.54 Å². The normalized spacial score (nSPS) is 18.1. The van der Waals surface area contributed by atoms with E-state index in [-0.39, 0.29) is 23.2 Å². The number of amides is 1. The monoisotopic (exact) mass is 546 g/mol. The highest BCUT2D eigenvalue weighted by atomic mass is 32.8. The van der Waals surface area contributed by atoms with Crippen molar-refractivity contribution < 1.29 is 26.6 Å². The van der Waals surface area contributed by atoms with Crippen LogP contribution in [0.4, 0.5) is 13.2 Å². The molecule has 2 aromatic heterocycles. The number of nitrogens with one attached hydrogen (secondary N) is 1. The molecule has 1 aliphatic heterocycles. The molecule has 0 saturated carbocycles. The second-order valence-electron chi connectivity index (χ2n) is 8.58. The zero-order chi connectivity index (χ0) is 26.2. The van der Waals surface area contributed by atoms with Crippen LogP contribution in [-0.2, 0) is 37.4 Å². The number of rotatable bonds is 6. The molecule has 5 rings (SSSR count). The molecule has 4 aromatic rings. The number of benzene rings is 2. The van der Waals surface area contributed by atoms with Crippen molar-refractivity contribution >= 4 is 36.7 Å². The molecule has 1 aliphatic rings. The fourth-order valence-corrected chi connectivity index (χ4v) is 6.65. The van der Waals surface area contributed by atoms with E-state index in [1.165, 1.54) is 4.31 Å². The molecule has 0 radical (unpaired) electrons. The first-order valence-electron chi connectivity index (χ1n) is 11.4. The van der Waals surface area contributed by atoms with Crippen LogP contribution in [0.25, 0.3) is 22.2 Å². The van der Waals surface area contributed by atoms with E-state index in [4.69, 9.17) is 15.6 Å². The molecule has 1 saturated heterocycles. The van der Waals surface area contributed by atoms with Gasteiger partial charge in [-0.05, 0) is 30.5 Å². The largest absolute Gasteiger partial charge is 0.446 e. The average molecular weight is 547 g/mol. The van der Waals surface area contributed by atoms with Crippen LogP contribution >= 0.6 is 0 Å². The van der Waals surface area contributed by atoms with Crippen molar-refractivity contribution in [3.63, 3.8) is 0 Å². The third-order valence-electron chi connectivity index (χ3n) is 6.10. The Bertz CT molecular complexity index is 1520. The van der Waals surface area contributed by atoms with Crippen LogP contribution in [0.15, 0.2) is 76.5 Å². The number of hydrogen-bond donors (Lipinski definition) is 1. The smallest absolute Gasteiger partial charge is 0.434 e. The van der Waals surface area contributed by atoms with Gasteiger partial charge in [-0.1, -0.05) is 36.4 Å². The highest BCUT2D eigenvalue weighted by Gasteiger charge is 2.38. The summed E-state index contributed by atoms with van der Waals surface area (Å²) >= 11 is 5.48. The van der Waals surface area contributed by atoms with E-state index in [0.29, 0.717) is 42.3 Å². The first kappa shape index (κ1) is 25.3. The Kier molecular flexibility index (Phi) is 6.73. The van der Waals surface area contributed by atoms with E-state index in [1.54, 1.807) is 36.4 Å². The molecule has 0 aliphatic carbocycles. The number of para-hydroxylation sites is 1. The average Bonchev–Trinajstić information content (AvgIpc) is 3.55. The quantitative estimate of drug-likeness (QED) is 0.377. The molecule has 2 aromatic carbocycles. The molecule has 0 spiro atoms. The fourth-order valence-electron chi connectivity index (χ4n) is 4.26. The number of halogens is 3. The van der Waals surface area contributed by atoms with Crippen LogP contribution < -0.4 is 5.32 Å². The zero-order valence-corrected chi connectivity index (χ0v) is 20.9. The minimum Gasteiger partial charge on any atom is -0.446 e. The van der Waals surface area contributed by atoms with E-state index in [0.717, 1.165) is 11.6 Å². The summed E-state index contributed by atoms with van der Waals surface area (Å²) in [5, 5.41) is 3.81. The maximum absolute atomic E-state index is 13.6. The van der Waals surface area contributed by atoms with Crippen LogP contribution in [-0.4, -0.2) is 37.0 Å². The Morgan fingerprint density at radius 1 is 1.14 bits per heavy atom. The number of aromatic nitrogens is 2. The molecule has 37 heavy (non-hydrogen) atoms. The number of furan rings is 1. The summed E-state index contributed by atoms with van der Waals surface area (Å²) in [5.74, 6) is -0.314. The molecular weight excluding hydrogens is 525 g/mol. The number of carbonyl (C=O) groups excluding carboxylic acids is 1. The Labute approximate surface area is 215 Å². The number of nitrogens with zero attached hydrogens (tertiary/aromatic N) is 3. The maximum Gasteiger partial charge on any atom is 0.434 e. The van der Waals surface area contributed by atoms with Gasteiger partial charge in [0.05, 0.1) is 18.1 Å². The first-order valence-corrected chi connectivity index (χ1v) is 13.8. The van der Waals surface area contributed by atoms with Gasteiger partial charge in [0.1, 0.15) is 11.6 Å². The van der Waals surface area contributed by atoms with Gasteiger partial charge < -0.3 is 9.73 Å². The highest BCUT2D eigenvalue weighted by molar-refractivity contribution is 8.31. The minimum atomic E-state index is -4.56. The summed E-state index contributed by atoms with van der Waals surface area (Å²) < 4.78 is 59.2. The molecule has 1 fully saturated rings. The van der Waals surface area contributed by atoms with Crippen LogP contribution in [0.5, 0.6) is 0 Å². The van der Waals surface area contributed by atoms with Crippen LogP contribution in [0.2, 0.25) is 0 Å². The molecule has 1 unspecified atom stereocenters. The summed E-state index contributed by atoms with van der Waals surface area (Å²) in [6.07, 6.45) is -1.65. The molecule has 192 valence electrons. The van der Waals surface area contributed by atoms with Gasteiger partial charge in [-0.3, -0.25) is 9.78 Å². The second kappa shape index (κ2) is 9.84. The molecule has 0 bridgehead atoms. The third-order valence-corrected chi connectivity index (χ3v) is 8.94. The van der Waals surface area contributed by atoms with E-state index >= 15 is 0 Å². The van der Waals surface area contributed by atoms with Gasteiger partial charge in [-0.2, -0.15) is 13.2 Å². The van der Waals surface area contributed by atoms with E-state index in [1.807, 2.05) is 18.2 Å². The van der Waals surface area contributed by atoms with Gasteiger partial charge in [0.2, 0.25) is 11.0 Å². The molecule has 2 atom stereocenters. The van der Waals surface area contributed by atoms with Gasteiger partial charge in [0, 0.05) is 41.3 Å². The topological polar surface area (TPSA) is 88.3 Å². The van der Waals surface area contributed by atoms with E-state index in [9.17, 15) is 22.2 Å². The lowest BCUT2D eigenvalue weighted by molar-refractivity contribution is -0.141. The summed E-state index contributed by atoms with van der Waals surface area (Å²) in [5.41, 5.74) is 1.07. The Balaban J connectivity index is 1.28. The molecular formula is C25H21F3N4O3S2. The predicted molar refractivity (Wildman–Crippen MR) is 134 cm³/mol. The van der Waals surface area contributed by atoms with Crippen molar-refractivity contribution in [3.05, 3.63) is 78.2 Å². The molecule has 1 N–H and O–H groups in total. The van der Waals surface area contributed by atoms with Gasteiger partial charge in [-0.15, -0.1) is 0 Å². The van der Waals surface area contributed by atoms with E-state index < -0.39 is 26.6 Å². The van der Waals surface area contributed by atoms with Crippen molar-refractivity contribution in [3.8, 4) is 11.3 Å². The lowest BCUT2D eigenvalue weighted by Gasteiger charge is -2.24. The molecule has 12 heteroatoms. The van der Waals surface area contributed by atoms with Gasteiger partial charge in [0.25, 0.3) is 0 Å². The van der Waals surface area contributed by atoms with Crippen molar-refractivity contribution in [1.82, 2.24) is 19.6 Å². The number of fused-ring (bicyclic) bond motifs is 1.